The predicted octanol–water partition coefficient (Wildman–Crippen LogP) is 3.36. The quantitative estimate of drug-likeness (QED) is 0.839. The van der Waals surface area contributed by atoms with Crippen molar-refractivity contribution < 1.29 is 0 Å². The molecule has 0 aliphatic heterocycles. The fourth-order valence-corrected chi connectivity index (χ4v) is 2.61. The van der Waals surface area contributed by atoms with Crippen molar-refractivity contribution in [2.75, 3.05) is 0 Å². The Hall–Kier alpha value is -1.61. The largest absolute Gasteiger partial charge is 0.327 e. The minimum atomic E-state index is 0.127. The number of aromatic nitrogens is 2. The normalized spacial score (nSPS) is 12.8. The lowest BCUT2D eigenvalue weighted by atomic mass is 10.0. The highest BCUT2D eigenvalue weighted by Crippen LogP contribution is 2.15. The Morgan fingerprint density at radius 1 is 1.05 bits per heavy atom. The van der Waals surface area contributed by atoms with E-state index in [1.54, 1.807) is 0 Å². The third-order valence-electron chi connectivity index (χ3n) is 3.79. The van der Waals surface area contributed by atoms with E-state index >= 15 is 0 Å². The first-order valence-corrected chi connectivity index (χ1v) is 7.56. The van der Waals surface area contributed by atoms with E-state index in [2.05, 4.69) is 60.2 Å². The lowest BCUT2D eigenvalue weighted by Crippen LogP contribution is -2.25. The molecule has 3 nitrogen and oxygen atoms in total. The Bertz CT molecular complexity index is 500. The zero-order valence-corrected chi connectivity index (χ0v) is 12.5. The molecule has 0 fully saturated rings. The summed E-state index contributed by atoms with van der Waals surface area (Å²) in [5, 5.41) is 4.67. The van der Waals surface area contributed by atoms with Crippen LogP contribution in [0.15, 0.2) is 42.6 Å². The molecule has 0 radical (unpaired) electrons. The van der Waals surface area contributed by atoms with Crippen LogP contribution < -0.4 is 5.73 Å². The van der Waals surface area contributed by atoms with Gasteiger partial charge in [0, 0.05) is 18.7 Å². The van der Waals surface area contributed by atoms with Crippen molar-refractivity contribution in [1.82, 2.24) is 9.78 Å². The maximum atomic E-state index is 6.24. The van der Waals surface area contributed by atoms with Crippen molar-refractivity contribution in [3.63, 3.8) is 0 Å². The molecule has 108 valence electrons. The van der Waals surface area contributed by atoms with E-state index in [1.165, 1.54) is 5.56 Å². The summed E-state index contributed by atoms with van der Waals surface area (Å²) in [6.07, 6.45) is 6.06. The van der Waals surface area contributed by atoms with E-state index < -0.39 is 0 Å². The van der Waals surface area contributed by atoms with Crippen LogP contribution in [0, 0.1) is 0 Å². The summed E-state index contributed by atoms with van der Waals surface area (Å²) < 4.78 is 2.09. The van der Waals surface area contributed by atoms with Gasteiger partial charge in [-0.25, -0.2) is 0 Å². The number of hydrogen-bond acceptors (Lipinski definition) is 2. The molecular weight excluding hydrogens is 246 g/mol. The Balaban J connectivity index is 1.93. The molecular formula is C17H25N3. The van der Waals surface area contributed by atoms with Gasteiger partial charge in [0.05, 0.1) is 11.7 Å². The van der Waals surface area contributed by atoms with Crippen LogP contribution in [0.4, 0.5) is 0 Å². The standard InChI is InChI=1S/C17H25N3/c1-3-17(4-2)20-11-10-16(19-20)13-15(18)12-14-8-6-5-7-9-14/h5-11,15,17H,3-4,12-13,18H2,1-2H3. The summed E-state index contributed by atoms with van der Waals surface area (Å²) >= 11 is 0. The van der Waals surface area contributed by atoms with Gasteiger partial charge >= 0.3 is 0 Å². The van der Waals surface area contributed by atoms with Gasteiger partial charge in [-0.15, -0.1) is 0 Å². The van der Waals surface area contributed by atoms with Crippen LogP contribution in [-0.4, -0.2) is 15.8 Å². The fourth-order valence-electron chi connectivity index (χ4n) is 2.61. The van der Waals surface area contributed by atoms with Crippen molar-refractivity contribution in [2.24, 2.45) is 5.73 Å². The Kier molecular flexibility index (Phi) is 5.36. The zero-order chi connectivity index (χ0) is 14.4. The summed E-state index contributed by atoms with van der Waals surface area (Å²) in [5.41, 5.74) is 8.63. The van der Waals surface area contributed by atoms with E-state index in [1.807, 2.05) is 6.07 Å². The molecule has 1 atom stereocenters. The molecule has 2 rings (SSSR count). The van der Waals surface area contributed by atoms with Crippen molar-refractivity contribution in [1.29, 1.82) is 0 Å². The van der Waals surface area contributed by atoms with E-state index in [9.17, 15) is 0 Å². The first-order valence-electron chi connectivity index (χ1n) is 7.56. The summed E-state index contributed by atoms with van der Waals surface area (Å²) in [4.78, 5) is 0. The van der Waals surface area contributed by atoms with Gasteiger partial charge in [-0.3, -0.25) is 4.68 Å². The highest BCUT2D eigenvalue weighted by atomic mass is 15.3. The van der Waals surface area contributed by atoms with E-state index in [0.717, 1.165) is 31.4 Å². The van der Waals surface area contributed by atoms with E-state index in [4.69, 9.17) is 5.73 Å². The molecule has 0 aliphatic rings. The number of nitrogens with zero attached hydrogens (tertiary/aromatic N) is 2. The van der Waals surface area contributed by atoms with Gasteiger partial charge in [0.1, 0.15) is 0 Å². The molecule has 1 unspecified atom stereocenters. The van der Waals surface area contributed by atoms with Crippen molar-refractivity contribution in [3.05, 3.63) is 53.9 Å². The maximum Gasteiger partial charge on any atom is 0.0640 e. The van der Waals surface area contributed by atoms with Gasteiger partial charge in [-0.1, -0.05) is 44.2 Å². The summed E-state index contributed by atoms with van der Waals surface area (Å²) in [7, 11) is 0. The van der Waals surface area contributed by atoms with Crippen LogP contribution in [0.2, 0.25) is 0 Å². The van der Waals surface area contributed by atoms with Crippen LogP contribution in [0.25, 0.3) is 0 Å². The average Bonchev–Trinajstić information content (AvgIpc) is 2.89. The van der Waals surface area contributed by atoms with Gasteiger partial charge in [-0.05, 0) is 30.9 Å². The van der Waals surface area contributed by atoms with Gasteiger partial charge in [0.25, 0.3) is 0 Å². The predicted molar refractivity (Wildman–Crippen MR) is 83.7 cm³/mol. The van der Waals surface area contributed by atoms with Crippen LogP contribution in [-0.2, 0) is 12.8 Å². The lowest BCUT2D eigenvalue weighted by Gasteiger charge is -2.13. The SMILES string of the molecule is CCC(CC)n1ccc(CC(N)Cc2ccccc2)n1. The highest BCUT2D eigenvalue weighted by Gasteiger charge is 2.11. The number of nitrogens with two attached hydrogens (primary N) is 1. The molecule has 0 saturated carbocycles. The fraction of sp³-hybridized carbons (Fsp3) is 0.471. The molecule has 0 amide bonds. The second kappa shape index (κ2) is 7.25. The third-order valence-corrected chi connectivity index (χ3v) is 3.79. The molecule has 1 aromatic carbocycles. The minimum Gasteiger partial charge on any atom is -0.327 e. The van der Waals surface area contributed by atoms with Crippen molar-refractivity contribution >= 4 is 0 Å². The number of rotatable bonds is 7. The van der Waals surface area contributed by atoms with Crippen molar-refractivity contribution in [3.8, 4) is 0 Å². The first kappa shape index (κ1) is 14.8. The molecule has 0 saturated heterocycles. The second-order valence-electron chi connectivity index (χ2n) is 5.41. The van der Waals surface area contributed by atoms with Gasteiger partial charge in [0.2, 0.25) is 0 Å². The van der Waals surface area contributed by atoms with Gasteiger partial charge in [0.15, 0.2) is 0 Å². The summed E-state index contributed by atoms with van der Waals surface area (Å²) in [6, 6.07) is 13.1. The Labute approximate surface area is 121 Å². The molecule has 0 aliphatic carbocycles. The van der Waals surface area contributed by atoms with Crippen LogP contribution >= 0.6 is 0 Å². The molecule has 2 aromatic rings. The number of benzene rings is 1. The van der Waals surface area contributed by atoms with Crippen LogP contribution in [0.1, 0.15) is 44.0 Å². The second-order valence-corrected chi connectivity index (χ2v) is 5.41. The third kappa shape index (κ3) is 3.94. The molecule has 0 bridgehead atoms. The first-order chi connectivity index (χ1) is 9.72. The van der Waals surface area contributed by atoms with Gasteiger partial charge in [-0.2, -0.15) is 5.10 Å². The summed E-state index contributed by atoms with van der Waals surface area (Å²) in [5.74, 6) is 0. The van der Waals surface area contributed by atoms with E-state index in [-0.39, 0.29) is 6.04 Å². The molecule has 20 heavy (non-hydrogen) atoms. The number of hydrogen-bond donors (Lipinski definition) is 1. The topological polar surface area (TPSA) is 43.8 Å². The van der Waals surface area contributed by atoms with Crippen molar-refractivity contribution in [2.45, 2.75) is 51.6 Å². The Morgan fingerprint density at radius 2 is 1.75 bits per heavy atom. The lowest BCUT2D eigenvalue weighted by molar-refractivity contribution is 0.424. The summed E-state index contributed by atoms with van der Waals surface area (Å²) in [6.45, 7) is 4.41. The zero-order valence-electron chi connectivity index (χ0n) is 12.5. The Morgan fingerprint density at radius 3 is 2.40 bits per heavy atom. The molecule has 1 aromatic heterocycles. The molecule has 1 heterocycles. The van der Waals surface area contributed by atoms with E-state index in [0.29, 0.717) is 6.04 Å². The van der Waals surface area contributed by atoms with Crippen LogP contribution in [0.5, 0.6) is 0 Å². The minimum absolute atomic E-state index is 0.127. The highest BCUT2D eigenvalue weighted by molar-refractivity contribution is 5.16. The van der Waals surface area contributed by atoms with Gasteiger partial charge < -0.3 is 5.73 Å². The maximum absolute atomic E-state index is 6.24. The smallest absolute Gasteiger partial charge is 0.0640 e. The monoisotopic (exact) mass is 271 g/mol. The molecule has 3 heteroatoms. The molecule has 0 spiro atoms. The average molecular weight is 271 g/mol. The molecule has 2 N–H and O–H groups in total. The van der Waals surface area contributed by atoms with Crippen LogP contribution in [0.3, 0.4) is 0 Å².